The van der Waals surface area contributed by atoms with Crippen LogP contribution in [0.15, 0.2) is 28.8 Å². The standard InChI is InChI=1S/C15H20BrNO/c1-2-17-8-5-3-4-6-12-10-14(16)11-13-7-9-18-15(12)13/h3-4,10-11,17H,2,5-9H2,1H3/b4-3+. The molecule has 3 heteroatoms. The molecule has 1 heterocycles. The lowest BCUT2D eigenvalue weighted by atomic mass is 10.1. The van der Waals surface area contributed by atoms with Crippen molar-refractivity contribution in [3.8, 4) is 5.75 Å². The highest BCUT2D eigenvalue weighted by molar-refractivity contribution is 9.10. The molecule has 2 rings (SSSR count). The summed E-state index contributed by atoms with van der Waals surface area (Å²) in [5.41, 5.74) is 2.62. The molecule has 1 aromatic rings. The van der Waals surface area contributed by atoms with E-state index in [9.17, 15) is 0 Å². The van der Waals surface area contributed by atoms with Crippen molar-refractivity contribution >= 4 is 15.9 Å². The van der Waals surface area contributed by atoms with E-state index in [2.05, 4.69) is 52.5 Å². The van der Waals surface area contributed by atoms with Crippen LogP contribution in [0.2, 0.25) is 0 Å². The molecule has 0 bridgehead atoms. The number of halogens is 1. The first kappa shape index (κ1) is 13.6. The lowest BCUT2D eigenvalue weighted by Gasteiger charge is -2.06. The Kier molecular flexibility index (Phi) is 5.26. The second-order valence-corrected chi connectivity index (χ2v) is 5.39. The summed E-state index contributed by atoms with van der Waals surface area (Å²) in [6.45, 7) is 5.05. The van der Waals surface area contributed by atoms with Crippen molar-refractivity contribution in [3.63, 3.8) is 0 Å². The van der Waals surface area contributed by atoms with Crippen LogP contribution in [0, 0.1) is 0 Å². The maximum absolute atomic E-state index is 5.71. The van der Waals surface area contributed by atoms with E-state index >= 15 is 0 Å². The third-order valence-electron chi connectivity index (χ3n) is 3.07. The molecule has 18 heavy (non-hydrogen) atoms. The van der Waals surface area contributed by atoms with Crippen molar-refractivity contribution in [3.05, 3.63) is 39.9 Å². The smallest absolute Gasteiger partial charge is 0.126 e. The molecule has 1 N–H and O–H groups in total. The second-order valence-electron chi connectivity index (χ2n) is 4.47. The Bertz CT molecular complexity index is 429. The van der Waals surface area contributed by atoms with Crippen LogP contribution in [0.3, 0.4) is 0 Å². The third-order valence-corrected chi connectivity index (χ3v) is 3.53. The summed E-state index contributed by atoms with van der Waals surface area (Å²) in [5.74, 6) is 1.11. The molecule has 0 aliphatic carbocycles. The highest BCUT2D eigenvalue weighted by Gasteiger charge is 2.16. The highest BCUT2D eigenvalue weighted by atomic mass is 79.9. The fourth-order valence-electron chi connectivity index (χ4n) is 2.19. The van der Waals surface area contributed by atoms with E-state index in [-0.39, 0.29) is 0 Å². The monoisotopic (exact) mass is 309 g/mol. The van der Waals surface area contributed by atoms with Gasteiger partial charge in [0.1, 0.15) is 5.75 Å². The summed E-state index contributed by atoms with van der Waals surface area (Å²) in [7, 11) is 0. The first-order valence-electron chi connectivity index (χ1n) is 6.61. The Morgan fingerprint density at radius 2 is 2.28 bits per heavy atom. The van der Waals surface area contributed by atoms with Gasteiger partial charge in [-0.05, 0) is 49.2 Å². The van der Waals surface area contributed by atoms with E-state index < -0.39 is 0 Å². The number of hydrogen-bond acceptors (Lipinski definition) is 2. The quantitative estimate of drug-likeness (QED) is 0.641. The number of nitrogens with one attached hydrogen (secondary N) is 1. The number of fused-ring (bicyclic) bond motifs is 1. The van der Waals surface area contributed by atoms with Gasteiger partial charge in [-0.15, -0.1) is 0 Å². The number of hydrogen-bond donors (Lipinski definition) is 1. The van der Waals surface area contributed by atoms with Gasteiger partial charge in [0.15, 0.2) is 0 Å². The van der Waals surface area contributed by atoms with Crippen LogP contribution in [0.25, 0.3) is 0 Å². The zero-order chi connectivity index (χ0) is 12.8. The summed E-state index contributed by atoms with van der Waals surface area (Å²) in [6.07, 6.45) is 7.55. The predicted octanol–water partition coefficient (Wildman–Crippen LogP) is 3.48. The number of benzene rings is 1. The molecule has 1 aromatic carbocycles. The molecule has 0 radical (unpaired) electrons. The first-order valence-corrected chi connectivity index (χ1v) is 7.40. The van der Waals surface area contributed by atoms with Crippen molar-refractivity contribution in [2.75, 3.05) is 19.7 Å². The van der Waals surface area contributed by atoms with E-state index in [1.807, 2.05) is 0 Å². The normalized spacial score (nSPS) is 13.9. The van der Waals surface area contributed by atoms with Crippen LogP contribution in [-0.2, 0) is 12.8 Å². The lowest BCUT2D eigenvalue weighted by Crippen LogP contribution is -2.12. The maximum Gasteiger partial charge on any atom is 0.126 e. The van der Waals surface area contributed by atoms with Crippen LogP contribution < -0.4 is 10.1 Å². The molecular weight excluding hydrogens is 290 g/mol. The van der Waals surface area contributed by atoms with Crippen molar-refractivity contribution in [2.45, 2.75) is 26.2 Å². The Morgan fingerprint density at radius 3 is 3.11 bits per heavy atom. The van der Waals surface area contributed by atoms with Crippen LogP contribution >= 0.6 is 15.9 Å². The summed E-state index contributed by atoms with van der Waals surface area (Å²) < 4.78 is 6.87. The van der Waals surface area contributed by atoms with Crippen LogP contribution in [-0.4, -0.2) is 19.7 Å². The molecule has 1 aliphatic heterocycles. The zero-order valence-electron chi connectivity index (χ0n) is 10.8. The highest BCUT2D eigenvalue weighted by Crippen LogP contribution is 2.33. The topological polar surface area (TPSA) is 21.3 Å². The van der Waals surface area contributed by atoms with Crippen molar-refractivity contribution < 1.29 is 4.74 Å². The molecule has 0 aromatic heterocycles. The fourth-order valence-corrected chi connectivity index (χ4v) is 2.74. The summed E-state index contributed by atoms with van der Waals surface area (Å²) in [5, 5.41) is 3.31. The fraction of sp³-hybridized carbons (Fsp3) is 0.467. The molecule has 0 saturated carbocycles. The van der Waals surface area contributed by atoms with Gasteiger partial charge in [0, 0.05) is 10.9 Å². The van der Waals surface area contributed by atoms with Gasteiger partial charge in [-0.25, -0.2) is 0 Å². The van der Waals surface area contributed by atoms with Gasteiger partial charge >= 0.3 is 0 Å². The van der Waals surface area contributed by atoms with E-state index in [0.29, 0.717) is 0 Å². The Hall–Kier alpha value is -0.800. The minimum absolute atomic E-state index is 0.822. The first-order chi connectivity index (χ1) is 8.81. The number of rotatable bonds is 6. The molecule has 1 aliphatic rings. The molecule has 0 amide bonds. The van der Waals surface area contributed by atoms with Gasteiger partial charge in [0.2, 0.25) is 0 Å². The zero-order valence-corrected chi connectivity index (χ0v) is 12.4. The number of allylic oxidation sites excluding steroid dienone is 1. The van der Waals surface area contributed by atoms with E-state index in [1.54, 1.807) is 0 Å². The molecule has 0 atom stereocenters. The average molecular weight is 310 g/mol. The minimum Gasteiger partial charge on any atom is -0.493 e. The van der Waals surface area contributed by atoms with Gasteiger partial charge in [-0.3, -0.25) is 0 Å². The van der Waals surface area contributed by atoms with E-state index in [4.69, 9.17) is 4.74 Å². The van der Waals surface area contributed by atoms with Crippen molar-refractivity contribution in [2.24, 2.45) is 0 Å². The summed E-state index contributed by atoms with van der Waals surface area (Å²) >= 11 is 3.57. The van der Waals surface area contributed by atoms with Gasteiger partial charge in [0.05, 0.1) is 6.61 Å². The van der Waals surface area contributed by atoms with Crippen molar-refractivity contribution in [1.29, 1.82) is 0 Å². The predicted molar refractivity (Wildman–Crippen MR) is 79.3 cm³/mol. The molecular formula is C15H20BrNO. The lowest BCUT2D eigenvalue weighted by molar-refractivity contribution is 0.354. The SMILES string of the molecule is CCNCC/C=C/Cc1cc(Br)cc2c1OCC2. The van der Waals surface area contributed by atoms with E-state index in [1.165, 1.54) is 11.1 Å². The Labute approximate surface area is 118 Å². The largest absolute Gasteiger partial charge is 0.493 e. The van der Waals surface area contributed by atoms with E-state index in [0.717, 1.165) is 49.2 Å². The van der Waals surface area contributed by atoms with Gasteiger partial charge in [-0.2, -0.15) is 0 Å². The average Bonchev–Trinajstić information content (AvgIpc) is 2.81. The van der Waals surface area contributed by atoms with Gasteiger partial charge in [-0.1, -0.05) is 35.0 Å². The van der Waals surface area contributed by atoms with Crippen LogP contribution in [0.1, 0.15) is 24.5 Å². The summed E-state index contributed by atoms with van der Waals surface area (Å²) in [6, 6.07) is 4.33. The molecule has 2 nitrogen and oxygen atoms in total. The Balaban J connectivity index is 1.93. The maximum atomic E-state index is 5.71. The molecule has 0 saturated heterocycles. The third kappa shape index (κ3) is 3.59. The molecule has 0 spiro atoms. The molecule has 0 unspecified atom stereocenters. The Morgan fingerprint density at radius 1 is 1.39 bits per heavy atom. The van der Waals surface area contributed by atoms with Crippen LogP contribution in [0.5, 0.6) is 5.75 Å². The molecule has 0 fully saturated rings. The van der Waals surface area contributed by atoms with Crippen molar-refractivity contribution in [1.82, 2.24) is 5.32 Å². The minimum atomic E-state index is 0.822. The summed E-state index contributed by atoms with van der Waals surface area (Å²) in [4.78, 5) is 0. The molecule has 98 valence electrons. The number of ether oxygens (including phenoxy) is 1. The van der Waals surface area contributed by atoms with Crippen LogP contribution in [0.4, 0.5) is 0 Å². The second kappa shape index (κ2) is 6.95. The van der Waals surface area contributed by atoms with Gasteiger partial charge in [0.25, 0.3) is 0 Å². The van der Waals surface area contributed by atoms with Gasteiger partial charge < -0.3 is 10.1 Å².